The van der Waals surface area contributed by atoms with Crippen LogP contribution in [0.2, 0.25) is 0 Å². The van der Waals surface area contributed by atoms with Gasteiger partial charge in [-0.25, -0.2) is 4.79 Å². The highest BCUT2D eigenvalue weighted by molar-refractivity contribution is 5.98. The summed E-state index contributed by atoms with van der Waals surface area (Å²) < 4.78 is 0. The van der Waals surface area contributed by atoms with Crippen LogP contribution in [-0.4, -0.2) is 45.7 Å². The molecule has 0 bridgehead atoms. The van der Waals surface area contributed by atoms with E-state index in [0.717, 1.165) is 46.4 Å². The molecule has 2 atom stereocenters. The number of fused-ring (bicyclic) bond motifs is 1. The summed E-state index contributed by atoms with van der Waals surface area (Å²) >= 11 is 0. The number of aromatic nitrogens is 3. The number of carbonyl (C=O) groups excluding carboxylic acids is 1. The Kier molecular flexibility index (Phi) is 6.04. The predicted octanol–water partition coefficient (Wildman–Crippen LogP) is 4.97. The van der Waals surface area contributed by atoms with Crippen molar-refractivity contribution < 1.29 is 4.79 Å². The van der Waals surface area contributed by atoms with Crippen LogP contribution in [0.25, 0.3) is 22.2 Å². The van der Waals surface area contributed by atoms with Gasteiger partial charge in [0.1, 0.15) is 5.69 Å². The number of pyridine rings is 1. The minimum atomic E-state index is -0.212. The fraction of sp³-hybridized carbons (Fsp3) is 0.269. The molecule has 4 aromatic rings. The Bertz CT molecular complexity index is 1220. The molecule has 3 heterocycles. The summed E-state index contributed by atoms with van der Waals surface area (Å²) in [7, 11) is 2.15. The molecule has 0 aliphatic carbocycles. The van der Waals surface area contributed by atoms with Crippen molar-refractivity contribution in [2.45, 2.75) is 31.3 Å². The second kappa shape index (κ2) is 9.42. The first-order valence-corrected chi connectivity index (χ1v) is 11.4. The van der Waals surface area contributed by atoms with E-state index in [9.17, 15) is 4.79 Å². The number of anilines is 1. The Morgan fingerprint density at radius 1 is 1.09 bits per heavy atom. The average molecular weight is 441 g/mol. The number of likely N-dealkylation sites (tertiary alicyclic amines) is 1. The summed E-state index contributed by atoms with van der Waals surface area (Å²) in [5.41, 5.74) is 4.57. The molecule has 2 amide bonds. The van der Waals surface area contributed by atoms with E-state index >= 15 is 0 Å². The third kappa shape index (κ3) is 4.59. The molecular formula is C26H28N6O. The van der Waals surface area contributed by atoms with Crippen LogP contribution in [-0.2, 0) is 0 Å². The first-order valence-electron chi connectivity index (χ1n) is 11.4. The number of hydrogen-bond acceptors (Lipinski definition) is 4. The molecule has 1 saturated heterocycles. The van der Waals surface area contributed by atoms with Gasteiger partial charge in [-0.15, -0.1) is 0 Å². The van der Waals surface area contributed by atoms with Crippen LogP contribution in [0, 0.1) is 0 Å². The van der Waals surface area contributed by atoms with Gasteiger partial charge in [-0.3, -0.25) is 10.1 Å². The number of benzene rings is 2. The lowest BCUT2D eigenvalue weighted by Gasteiger charge is -2.38. The molecule has 2 aromatic heterocycles. The molecule has 2 aromatic carbocycles. The lowest BCUT2D eigenvalue weighted by atomic mass is 9.91. The van der Waals surface area contributed by atoms with E-state index in [1.807, 2.05) is 48.5 Å². The molecule has 7 heteroatoms. The third-order valence-corrected chi connectivity index (χ3v) is 6.43. The monoisotopic (exact) mass is 440 g/mol. The molecule has 2 unspecified atom stereocenters. The molecule has 168 valence electrons. The van der Waals surface area contributed by atoms with Gasteiger partial charge in [0.15, 0.2) is 0 Å². The summed E-state index contributed by atoms with van der Waals surface area (Å²) in [6, 6.07) is 19.8. The first-order chi connectivity index (χ1) is 16.2. The number of likely N-dealkylation sites (N-methyl/N-ethyl adjacent to an activating group) is 1. The number of aromatic amines is 1. The molecule has 7 nitrogen and oxygen atoms in total. The number of nitrogens with zero attached hydrogens (tertiary/aromatic N) is 3. The highest BCUT2D eigenvalue weighted by atomic mass is 16.2. The first kappa shape index (κ1) is 21.2. The van der Waals surface area contributed by atoms with Crippen molar-refractivity contribution in [1.29, 1.82) is 0 Å². The van der Waals surface area contributed by atoms with Crippen LogP contribution < -0.4 is 10.6 Å². The number of nitrogens with one attached hydrogen (secondary N) is 3. The lowest BCUT2D eigenvalue weighted by Crippen LogP contribution is -2.47. The number of amides is 2. The molecule has 0 saturated carbocycles. The second-order valence-corrected chi connectivity index (χ2v) is 8.60. The average Bonchev–Trinajstić information content (AvgIpc) is 3.27. The van der Waals surface area contributed by atoms with Crippen molar-refractivity contribution in [3.63, 3.8) is 0 Å². The van der Waals surface area contributed by atoms with Crippen molar-refractivity contribution in [2.75, 3.05) is 18.9 Å². The van der Waals surface area contributed by atoms with E-state index in [2.05, 4.69) is 49.9 Å². The molecule has 0 radical (unpaired) electrons. The quantitative estimate of drug-likeness (QED) is 0.409. The fourth-order valence-corrected chi connectivity index (χ4v) is 4.71. The minimum Gasteiger partial charge on any atom is -0.329 e. The Morgan fingerprint density at radius 2 is 1.91 bits per heavy atom. The summed E-state index contributed by atoms with van der Waals surface area (Å²) in [4.78, 5) is 19.5. The highest BCUT2D eigenvalue weighted by Gasteiger charge is 2.30. The number of rotatable bonds is 5. The number of carbonyl (C=O) groups is 1. The van der Waals surface area contributed by atoms with Crippen molar-refractivity contribution in [2.24, 2.45) is 0 Å². The molecule has 1 fully saturated rings. The van der Waals surface area contributed by atoms with Gasteiger partial charge in [-0.1, -0.05) is 36.8 Å². The lowest BCUT2D eigenvalue weighted by molar-refractivity contribution is 0.147. The summed E-state index contributed by atoms with van der Waals surface area (Å²) in [6.07, 6.45) is 6.93. The third-order valence-electron chi connectivity index (χ3n) is 6.43. The maximum Gasteiger partial charge on any atom is 0.319 e. The number of hydrogen-bond donors (Lipinski definition) is 3. The van der Waals surface area contributed by atoms with Crippen molar-refractivity contribution in [1.82, 2.24) is 25.4 Å². The van der Waals surface area contributed by atoms with E-state index in [4.69, 9.17) is 0 Å². The van der Waals surface area contributed by atoms with Gasteiger partial charge in [0.05, 0.1) is 11.6 Å². The van der Waals surface area contributed by atoms with Crippen LogP contribution in [0.4, 0.5) is 10.5 Å². The van der Waals surface area contributed by atoms with Crippen molar-refractivity contribution in [3.8, 4) is 11.3 Å². The molecule has 1 aliphatic rings. The highest BCUT2D eigenvalue weighted by Crippen LogP contribution is 2.30. The molecule has 1 aliphatic heterocycles. The zero-order valence-corrected chi connectivity index (χ0v) is 18.7. The molecule has 0 spiro atoms. The van der Waals surface area contributed by atoms with Gasteiger partial charge in [0.2, 0.25) is 0 Å². The molecular weight excluding hydrogens is 412 g/mol. The number of piperidine rings is 1. The summed E-state index contributed by atoms with van der Waals surface area (Å²) in [5, 5.41) is 14.8. The minimum absolute atomic E-state index is 0.0819. The maximum atomic E-state index is 13.1. The van der Waals surface area contributed by atoms with E-state index in [1.165, 1.54) is 12.8 Å². The van der Waals surface area contributed by atoms with Crippen LogP contribution in [0.15, 0.2) is 73.1 Å². The molecule has 5 rings (SSSR count). The van der Waals surface area contributed by atoms with Crippen molar-refractivity contribution >= 4 is 22.6 Å². The van der Waals surface area contributed by atoms with E-state index in [0.29, 0.717) is 0 Å². The predicted molar refractivity (Wildman–Crippen MR) is 131 cm³/mol. The van der Waals surface area contributed by atoms with E-state index in [-0.39, 0.29) is 18.1 Å². The van der Waals surface area contributed by atoms with Gasteiger partial charge in [0, 0.05) is 35.1 Å². The summed E-state index contributed by atoms with van der Waals surface area (Å²) in [5.74, 6) is 0. The fourth-order valence-electron chi connectivity index (χ4n) is 4.71. The van der Waals surface area contributed by atoms with Crippen LogP contribution in [0.1, 0.15) is 30.9 Å². The van der Waals surface area contributed by atoms with Crippen molar-refractivity contribution in [3.05, 3.63) is 78.6 Å². The Balaban J connectivity index is 1.38. The van der Waals surface area contributed by atoms with Gasteiger partial charge in [0.25, 0.3) is 0 Å². The van der Waals surface area contributed by atoms with Gasteiger partial charge in [-0.2, -0.15) is 5.10 Å². The zero-order valence-electron chi connectivity index (χ0n) is 18.7. The summed E-state index contributed by atoms with van der Waals surface area (Å²) in [6.45, 7) is 1.05. The number of H-pyrrole nitrogens is 1. The van der Waals surface area contributed by atoms with Gasteiger partial charge in [-0.05, 0) is 62.3 Å². The standard InChI is InChI=1S/C26H28N6O/c1-32-16-6-5-9-23(32)25(18-7-3-2-4-8-18)29-26(33)28-20-10-11-22-21(17-20)24(31-30-22)19-12-14-27-15-13-19/h2-4,7-8,10-15,17,23,25H,5-6,9,16H2,1H3,(H,30,31)(H2,28,29,33). The van der Waals surface area contributed by atoms with Crippen LogP contribution in [0.3, 0.4) is 0 Å². The van der Waals surface area contributed by atoms with Crippen LogP contribution >= 0.6 is 0 Å². The second-order valence-electron chi connectivity index (χ2n) is 8.60. The Labute approximate surface area is 193 Å². The van der Waals surface area contributed by atoms with Gasteiger partial charge < -0.3 is 15.5 Å². The smallest absolute Gasteiger partial charge is 0.319 e. The van der Waals surface area contributed by atoms with Crippen LogP contribution in [0.5, 0.6) is 0 Å². The maximum absolute atomic E-state index is 13.1. The normalized spacial score (nSPS) is 17.5. The zero-order chi connectivity index (χ0) is 22.6. The molecule has 33 heavy (non-hydrogen) atoms. The molecule has 3 N–H and O–H groups in total. The topological polar surface area (TPSA) is 85.9 Å². The largest absolute Gasteiger partial charge is 0.329 e. The Hall–Kier alpha value is -3.71. The SMILES string of the molecule is CN1CCCCC1C(NC(=O)Nc1ccc2[nH]nc(-c3ccncc3)c2c1)c1ccccc1. The van der Waals surface area contributed by atoms with Gasteiger partial charge >= 0.3 is 6.03 Å². The van der Waals surface area contributed by atoms with E-state index in [1.54, 1.807) is 12.4 Å². The van der Waals surface area contributed by atoms with E-state index < -0.39 is 0 Å². The Morgan fingerprint density at radius 3 is 2.70 bits per heavy atom. The number of urea groups is 1.